The minimum absolute atomic E-state index is 0.263. The number of aldehydes is 1. The molecule has 0 saturated heterocycles. The maximum Gasteiger partial charge on any atom is 0.312 e. The second kappa shape index (κ2) is 6.68. The highest BCUT2D eigenvalue weighted by atomic mass is 16.5. The number of hydrogen-bond acceptors (Lipinski definition) is 4. The fourth-order valence-electron chi connectivity index (χ4n) is 1.22. The van der Waals surface area contributed by atoms with E-state index in [1.807, 2.05) is 0 Å². The summed E-state index contributed by atoms with van der Waals surface area (Å²) in [6.07, 6.45) is 0.769. The Morgan fingerprint density at radius 2 is 2.00 bits per heavy atom. The smallest absolute Gasteiger partial charge is 0.312 e. The third kappa shape index (κ3) is 4.26. The van der Waals surface area contributed by atoms with Crippen molar-refractivity contribution in [3.05, 3.63) is 29.8 Å². The van der Waals surface area contributed by atoms with Crippen molar-refractivity contribution in [1.82, 2.24) is 0 Å². The first kappa shape index (κ1) is 13.2. The highest BCUT2D eigenvalue weighted by Gasteiger charge is 2.14. The van der Waals surface area contributed by atoms with Gasteiger partial charge in [-0.2, -0.15) is 0 Å². The normalized spacial score (nSPS) is 11.6. The Morgan fingerprint density at radius 3 is 2.53 bits per heavy atom. The van der Waals surface area contributed by atoms with Crippen LogP contribution in [0.2, 0.25) is 0 Å². The first-order valence-corrected chi connectivity index (χ1v) is 5.52. The van der Waals surface area contributed by atoms with Crippen molar-refractivity contribution < 1.29 is 19.1 Å². The van der Waals surface area contributed by atoms with Crippen LogP contribution < -0.4 is 4.74 Å². The van der Waals surface area contributed by atoms with E-state index in [0.717, 1.165) is 6.29 Å². The molecular formula is C13H16O4. The van der Waals surface area contributed by atoms with Crippen LogP contribution in [0.25, 0.3) is 0 Å². The van der Waals surface area contributed by atoms with E-state index in [-0.39, 0.29) is 18.5 Å². The summed E-state index contributed by atoms with van der Waals surface area (Å²) in [5.41, 5.74) is 0.593. The molecule has 4 heteroatoms. The van der Waals surface area contributed by atoms with Gasteiger partial charge in [-0.05, 0) is 38.1 Å². The molecule has 17 heavy (non-hydrogen) atoms. The fourth-order valence-corrected chi connectivity index (χ4v) is 1.22. The van der Waals surface area contributed by atoms with Gasteiger partial charge in [0.25, 0.3) is 0 Å². The summed E-state index contributed by atoms with van der Waals surface area (Å²) in [5.74, 6) is 0.0597. The van der Waals surface area contributed by atoms with Gasteiger partial charge in [-0.25, -0.2) is 0 Å². The highest BCUT2D eigenvalue weighted by molar-refractivity contribution is 5.74. The molecule has 1 aromatic carbocycles. The molecule has 0 radical (unpaired) electrons. The molecule has 0 spiro atoms. The fraction of sp³-hybridized carbons (Fsp3) is 0.385. The van der Waals surface area contributed by atoms with Crippen LogP contribution in [0.15, 0.2) is 24.3 Å². The monoisotopic (exact) mass is 236 g/mol. The van der Waals surface area contributed by atoms with E-state index in [4.69, 9.17) is 9.47 Å². The first-order chi connectivity index (χ1) is 8.17. The van der Waals surface area contributed by atoms with Gasteiger partial charge >= 0.3 is 5.97 Å². The van der Waals surface area contributed by atoms with Gasteiger partial charge in [0.05, 0.1) is 12.5 Å². The van der Waals surface area contributed by atoms with E-state index in [9.17, 15) is 9.59 Å². The van der Waals surface area contributed by atoms with Gasteiger partial charge < -0.3 is 9.47 Å². The minimum Gasteiger partial charge on any atom is -0.493 e. The largest absolute Gasteiger partial charge is 0.493 e. The molecule has 1 unspecified atom stereocenters. The molecule has 0 heterocycles. The maximum atomic E-state index is 11.3. The Labute approximate surface area is 101 Å². The summed E-state index contributed by atoms with van der Waals surface area (Å²) in [6, 6.07) is 6.72. The molecule has 0 amide bonds. The Morgan fingerprint density at radius 1 is 1.35 bits per heavy atom. The lowest BCUT2D eigenvalue weighted by Crippen LogP contribution is -2.21. The van der Waals surface area contributed by atoms with Crippen LogP contribution in [0.1, 0.15) is 24.2 Å². The third-order valence-corrected chi connectivity index (χ3v) is 2.21. The lowest BCUT2D eigenvalue weighted by Gasteiger charge is -2.11. The number of benzene rings is 1. The number of hydrogen-bond donors (Lipinski definition) is 0. The van der Waals surface area contributed by atoms with Crippen molar-refractivity contribution in [2.75, 3.05) is 13.2 Å². The van der Waals surface area contributed by atoms with E-state index >= 15 is 0 Å². The van der Waals surface area contributed by atoms with Gasteiger partial charge in [0.15, 0.2) is 0 Å². The summed E-state index contributed by atoms with van der Waals surface area (Å²) >= 11 is 0. The molecule has 4 nitrogen and oxygen atoms in total. The second-order valence-electron chi connectivity index (χ2n) is 3.65. The summed E-state index contributed by atoms with van der Waals surface area (Å²) < 4.78 is 10.3. The van der Waals surface area contributed by atoms with E-state index in [0.29, 0.717) is 17.9 Å². The molecule has 0 aliphatic heterocycles. The van der Waals surface area contributed by atoms with Crippen LogP contribution in [0, 0.1) is 5.92 Å². The third-order valence-electron chi connectivity index (χ3n) is 2.21. The average molecular weight is 236 g/mol. The van der Waals surface area contributed by atoms with Gasteiger partial charge in [-0.1, -0.05) is 0 Å². The van der Waals surface area contributed by atoms with Crippen LogP contribution in [0.4, 0.5) is 0 Å². The molecule has 0 aliphatic rings. The van der Waals surface area contributed by atoms with Gasteiger partial charge in [-0.15, -0.1) is 0 Å². The molecule has 1 atom stereocenters. The molecule has 0 saturated carbocycles. The zero-order chi connectivity index (χ0) is 12.7. The standard InChI is InChI=1S/C13H16O4/c1-3-16-13(15)10(2)9-17-12-6-4-11(8-14)5-7-12/h4-8,10H,3,9H2,1-2H3. The Balaban J connectivity index is 2.44. The molecular weight excluding hydrogens is 220 g/mol. The molecule has 0 aromatic heterocycles. The predicted octanol–water partition coefficient (Wildman–Crippen LogP) is 2.08. The number of carbonyl (C=O) groups is 2. The van der Waals surface area contributed by atoms with Crippen molar-refractivity contribution in [2.24, 2.45) is 5.92 Å². The SMILES string of the molecule is CCOC(=O)C(C)COc1ccc(C=O)cc1. The van der Waals surface area contributed by atoms with Crippen LogP contribution in [-0.4, -0.2) is 25.5 Å². The second-order valence-corrected chi connectivity index (χ2v) is 3.65. The average Bonchev–Trinajstić information content (AvgIpc) is 2.36. The zero-order valence-electron chi connectivity index (χ0n) is 10.0. The summed E-state index contributed by atoms with van der Waals surface area (Å²) in [7, 11) is 0. The molecule has 0 aliphatic carbocycles. The molecule has 0 bridgehead atoms. The van der Waals surface area contributed by atoms with Crippen molar-refractivity contribution in [2.45, 2.75) is 13.8 Å². The zero-order valence-corrected chi connectivity index (χ0v) is 10.0. The number of carbonyl (C=O) groups excluding carboxylic acids is 2. The molecule has 1 aromatic rings. The van der Waals surface area contributed by atoms with Crippen LogP contribution in [0.3, 0.4) is 0 Å². The first-order valence-electron chi connectivity index (χ1n) is 5.52. The Bertz CT molecular complexity index is 370. The van der Waals surface area contributed by atoms with E-state index in [1.165, 1.54) is 0 Å². The van der Waals surface area contributed by atoms with Crippen molar-refractivity contribution >= 4 is 12.3 Å². The lowest BCUT2D eigenvalue weighted by molar-refractivity contribution is -0.148. The topological polar surface area (TPSA) is 52.6 Å². The van der Waals surface area contributed by atoms with Gasteiger partial charge in [0, 0.05) is 5.56 Å². The van der Waals surface area contributed by atoms with Crippen molar-refractivity contribution in [3.8, 4) is 5.75 Å². The summed E-state index contributed by atoms with van der Waals surface area (Å²) in [5, 5.41) is 0. The summed E-state index contributed by atoms with van der Waals surface area (Å²) in [6.45, 7) is 4.15. The molecule has 1 rings (SSSR count). The summed E-state index contributed by atoms with van der Waals surface area (Å²) in [4.78, 5) is 21.8. The number of rotatable bonds is 6. The van der Waals surface area contributed by atoms with E-state index < -0.39 is 0 Å². The predicted molar refractivity (Wildman–Crippen MR) is 63.1 cm³/mol. The molecule has 0 fully saturated rings. The Kier molecular flexibility index (Phi) is 5.20. The number of ether oxygens (including phenoxy) is 2. The molecule has 92 valence electrons. The minimum atomic E-state index is -0.305. The molecule has 0 N–H and O–H groups in total. The maximum absolute atomic E-state index is 11.3. The van der Waals surface area contributed by atoms with E-state index in [2.05, 4.69) is 0 Å². The van der Waals surface area contributed by atoms with Crippen LogP contribution in [-0.2, 0) is 9.53 Å². The van der Waals surface area contributed by atoms with E-state index in [1.54, 1.807) is 38.1 Å². The van der Waals surface area contributed by atoms with Gasteiger partial charge in [0.1, 0.15) is 18.6 Å². The van der Waals surface area contributed by atoms with Gasteiger partial charge in [-0.3, -0.25) is 9.59 Å². The quantitative estimate of drug-likeness (QED) is 0.560. The highest BCUT2D eigenvalue weighted by Crippen LogP contribution is 2.12. The van der Waals surface area contributed by atoms with Crippen LogP contribution >= 0.6 is 0 Å². The lowest BCUT2D eigenvalue weighted by atomic mass is 10.2. The van der Waals surface area contributed by atoms with Gasteiger partial charge in [0.2, 0.25) is 0 Å². The van der Waals surface area contributed by atoms with Crippen molar-refractivity contribution in [3.63, 3.8) is 0 Å². The van der Waals surface area contributed by atoms with Crippen LogP contribution in [0.5, 0.6) is 5.75 Å². The number of esters is 1. The van der Waals surface area contributed by atoms with Crippen molar-refractivity contribution in [1.29, 1.82) is 0 Å². The Hall–Kier alpha value is -1.84.